The lowest BCUT2D eigenvalue weighted by atomic mass is 9.93. The molecule has 7 heteroatoms. The molecule has 7 nitrogen and oxygen atoms in total. The van der Waals surface area contributed by atoms with Crippen LogP contribution in [-0.4, -0.2) is 58.8 Å². The molecule has 152 valence electrons. The number of rotatable bonds is 6. The summed E-state index contributed by atoms with van der Waals surface area (Å²) in [5, 5.41) is 14.0. The first-order chi connectivity index (χ1) is 13.6. The third-order valence-electron chi connectivity index (χ3n) is 5.35. The van der Waals surface area contributed by atoms with E-state index in [1.807, 2.05) is 43.0 Å². The molecule has 28 heavy (non-hydrogen) atoms. The molecule has 1 aromatic heterocycles. The number of nitrogens with one attached hydrogen (secondary N) is 1. The monoisotopic (exact) mass is 385 g/mol. The maximum Gasteiger partial charge on any atom is 0.194 e. The summed E-state index contributed by atoms with van der Waals surface area (Å²) in [6.07, 6.45) is 6.17. The van der Waals surface area contributed by atoms with E-state index in [0.29, 0.717) is 18.5 Å². The Bertz CT molecular complexity index is 762. The lowest BCUT2D eigenvalue weighted by Crippen LogP contribution is -2.49. The lowest BCUT2D eigenvalue weighted by Gasteiger charge is -2.39. The quantitative estimate of drug-likeness (QED) is 0.590. The Morgan fingerprint density at radius 1 is 1.46 bits per heavy atom. The minimum absolute atomic E-state index is 0.303. The molecular weight excluding hydrogens is 354 g/mol. The van der Waals surface area contributed by atoms with Crippen molar-refractivity contribution < 1.29 is 9.84 Å². The first-order valence-electron chi connectivity index (χ1n) is 9.95. The molecule has 1 aliphatic heterocycles. The fourth-order valence-corrected chi connectivity index (χ4v) is 3.65. The summed E-state index contributed by atoms with van der Waals surface area (Å²) in [6, 6.07) is 7.87. The topological polar surface area (TPSA) is 74.9 Å². The van der Waals surface area contributed by atoms with E-state index in [2.05, 4.69) is 33.6 Å². The third-order valence-corrected chi connectivity index (χ3v) is 5.35. The molecule has 0 bridgehead atoms. The standard InChI is InChI=1S/C21H31N5O2/c1-4-23-21(24-13-20(27)17-6-5-7-18(12-17)28-3)25-10-8-16(2)19(14-25)26-11-9-22-15-26/h5-7,9,11-12,15-16,19-20,27H,4,8,10,13-14H2,1-3H3,(H,23,24). The molecule has 2 N–H and O–H groups in total. The van der Waals surface area contributed by atoms with Gasteiger partial charge in [0.25, 0.3) is 0 Å². The lowest BCUT2D eigenvalue weighted by molar-refractivity contribution is 0.179. The molecule has 3 atom stereocenters. The molecule has 1 aromatic carbocycles. The number of aliphatic hydroxyl groups is 1. The van der Waals surface area contributed by atoms with Crippen molar-refractivity contribution in [3.8, 4) is 5.75 Å². The zero-order valence-electron chi connectivity index (χ0n) is 17.0. The van der Waals surface area contributed by atoms with Crippen LogP contribution >= 0.6 is 0 Å². The zero-order valence-corrected chi connectivity index (χ0v) is 17.0. The second-order valence-electron chi connectivity index (χ2n) is 7.28. The predicted octanol–water partition coefficient (Wildman–Crippen LogP) is 2.47. The largest absolute Gasteiger partial charge is 0.497 e. The van der Waals surface area contributed by atoms with Crippen LogP contribution in [0.5, 0.6) is 5.75 Å². The molecule has 3 rings (SSSR count). The molecule has 1 saturated heterocycles. The Labute approximate surface area is 167 Å². The highest BCUT2D eigenvalue weighted by Gasteiger charge is 2.29. The molecule has 2 aromatic rings. The van der Waals surface area contributed by atoms with Crippen molar-refractivity contribution in [2.24, 2.45) is 10.9 Å². The molecule has 0 saturated carbocycles. The summed E-state index contributed by atoms with van der Waals surface area (Å²) >= 11 is 0. The Morgan fingerprint density at radius 2 is 2.32 bits per heavy atom. The van der Waals surface area contributed by atoms with Gasteiger partial charge in [-0.05, 0) is 37.0 Å². The van der Waals surface area contributed by atoms with E-state index in [4.69, 9.17) is 9.73 Å². The summed E-state index contributed by atoms with van der Waals surface area (Å²) in [5.41, 5.74) is 0.808. The van der Waals surface area contributed by atoms with E-state index in [1.54, 1.807) is 7.11 Å². The van der Waals surface area contributed by atoms with Crippen LogP contribution in [0.4, 0.5) is 0 Å². The van der Waals surface area contributed by atoms with Gasteiger partial charge < -0.3 is 24.6 Å². The van der Waals surface area contributed by atoms with Crippen LogP contribution in [-0.2, 0) is 0 Å². The van der Waals surface area contributed by atoms with Crippen LogP contribution in [0.3, 0.4) is 0 Å². The van der Waals surface area contributed by atoms with Gasteiger partial charge in [0.15, 0.2) is 5.96 Å². The van der Waals surface area contributed by atoms with Crippen LogP contribution in [0.1, 0.15) is 38.0 Å². The minimum atomic E-state index is -0.670. The number of hydrogen-bond acceptors (Lipinski definition) is 4. The molecule has 1 fully saturated rings. The number of imidazole rings is 1. The number of ether oxygens (including phenoxy) is 1. The number of nitrogens with zero attached hydrogens (tertiary/aromatic N) is 4. The molecule has 0 aliphatic carbocycles. The number of guanidine groups is 1. The number of methoxy groups -OCH3 is 1. The minimum Gasteiger partial charge on any atom is -0.497 e. The molecule has 0 amide bonds. The van der Waals surface area contributed by atoms with Gasteiger partial charge in [0.2, 0.25) is 0 Å². The van der Waals surface area contributed by atoms with Gasteiger partial charge in [0.1, 0.15) is 5.75 Å². The van der Waals surface area contributed by atoms with Crippen molar-refractivity contribution >= 4 is 5.96 Å². The van der Waals surface area contributed by atoms with E-state index >= 15 is 0 Å². The van der Waals surface area contributed by atoms with Crippen molar-refractivity contribution in [1.82, 2.24) is 19.8 Å². The van der Waals surface area contributed by atoms with Gasteiger partial charge in [-0.1, -0.05) is 19.1 Å². The summed E-state index contributed by atoms with van der Waals surface area (Å²) in [7, 11) is 1.63. The van der Waals surface area contributed by atoms with Crippen molar-refractivity contribution in [2.45, 2.75) is 32.4 Å². The first-order valence-corrected chi connectivity index (χ1v) is 9.95. The van der Waals surface area contributed by atoms with Gasteiger partial charge in [0.05, 0.1) is 32.1 Å². The van der Waals surface area contributed by atoms with E-state index < -0.39 is 6.10 Å². The van der Waals surface area contributed by atoms with E-state index in [1.165, 1.54) is 0 Å². The van der Waals surface area contributed by atoms with E-state index in [-0.39, 0.29) is 0 Å². The molecule has 3 unspecified atom stereocenters. The maximum absolute atomic E-state index is 10.6. The average Bonchev–Trinajstić information content (AvgIpc) is 3.26. The number of aliphatic imine (C=N–C) groups is 1. The van der Waals surface area contributed by atoms with Crippen molar-refractivity contribution in [1.29, 1.82) is 0 Å². The Kier molecular flexibility index (Phi) is 6.92. The summed E-state index contributed by atoms with van der Waals surface area (Å²) < 4.78 is 7.43. The van der Waals surface area contributed by atoms with Crippen LogP contribution < -0.4 is 10.1 Å². The Hall–Kier alpha value is -2.54. The number of piperidine rings is 1. The third kappa shape index (κ3) is 4.84. The van der Waals surface area contributed by atoms with Gasteiger partial charge in [-0.25, -0.2) is 4.98 Å². The molecule has 2 heterocycles. The van der Waals surface area contributed by atoms with Gasteiger partial charge in [-0.15, -0.1) is 0 Å². The Balaban J connectivity index is 1.71. The number of aromatic nitrogens is 2. The predicted molar refractivity (Wildman–Crippen MR) is 111 cm³/mol. The van der Waals surface area contributed by atoms with Crippen molar-refractivity contribution in [2.75, 3.05) is 33.3 Å². The summed E-state index contributed by atoms with van der Waals surface area (Å²) in [4.78, 5) is 11.2. The summed E-state index contributed by atoms with van der Waals surface area (Å²) in [6.45, 7) is 7.27. The highest BCUT2D eigenvalue weighted by molar-refractivity contribution is 5.80. The number of hydrogen-bond donors (Lipinski definition) is 2. The van der Waals surface area contributed by atoms with Gasteiger partial charge in [-0.3, -0.25) is 4.99 Å². The highest BCUT2D eigenvalue weighted by Crippen LogP contribution is 2.27. The molecule has 0 radical (unpaired) electrons. The number of aliphatic hydroxyl groups excluding tert-OH is 1. The normalized spacial score (nSPS) is 21.4. The van der Waals surface area contributed by atoms with Gasteiger partial charge >= 0.3 is 0 Å². The van der Waals surface area contributed by atoms with Gasteiger partial charge in [0, 0.05) is 32.0 Å². The molecule has 1 aliphatic rings. The average molecular weight is 386 g/mol. The van der Waals surface area contributed by atoms with E-state index in [9.17, 15) is 5.11 Å². The second-order valence-corrected chi connectivity index (χ2v) is 7.28. The van der Waals surface area contributed by atoms with Crippen LogP contribution in [0.2, 0.25) is 0 Å². The fraction of sp³-hybridized carbons (Fsp3) is 0.524. The number of likely N-dealkylation sites (tertiary alicyclic amines) is 1. The van der Waals surface area contributed by atoms with Crippen molar-refractivity contribution in [3.63, 3.8) is 0 Å². The molecule has 0 spiro atoms. The summed E-state index contributed by atoms with van der Waals surface area (Å²) in [5.74, 6) is 2.16. The SMILES string of the molecule is CCNC(=NCC(O)c1cccc(OC)c1)N1CCC(C)C(n2ccnc2)C1. The Morgan fingerprint density at radius 3 is 3.04 bits per heavy atom. The highest BCUT2D eigenvalue weighted by atomic mass is 16.5. The number of benzene rings is 1. The zero-order chi connectivity index (χ0) is 19.9. The maximum atomic E-state index is 10.6. The molecular formula is C21H31N5O2. The second kappa shape index (κ2) is 9.59. The fourth-order valence-electron chi connectivity index (χ4n) is 3.65. The van der Waals surface area contributed by atoms with Gasteiger partial charge in [-0.2, -0.15) is 0 Å². The smallest absolute Gasteiger partial charge is 0.194 e. The van der Waals surface area contributed by atoms with E-state index in [0.717, 1.165) is 43.3 Å². The van der Waals surface area contributed by atoms with Crippen LogP contribution in [0, 0.1) is 5.92 Å². The van der Waals surface area contributed by atoms with Crippen LogP contribution in [0.15, 0.2) is 48.0 Å². The van der Waals surface area contributed by atoms with Crippen LogP contribution in [0.25, 0.3) is 0 Å². The van der Waals surface area contributed by atoms with Crippen molar-refractivity contribution in [3.05, 3.63) is 48.5 Å². The first kappa shape index (κ1) is 20.2.